The molecule has 0 spiro atoms. The SMILES string of the molecule is O=C(CCN(CC1CCCO1)C(=O)c1cc(-c2ccccc2Cl)on1)NCC1CCCO1. The van der Waals surface area contributed by atoms with Crippen LogP contribution in [0.3, 0.4) is 0 Å². The van der Waals surface area contributed by atoms with Crippen molar-refractivity contribution in [1.82, 2.24) is 15.4 Å². The second kappa shape index (κ2) is 10.9. The Balaban J connectivity index is 1.39. The highest BCUT2D eigenvalue weighted by molar-refractivity contribution is 6.33. The lowest BCUT2D eigenvalue weighted by Crippen LogP contribution is -2.40. The van der Waals surface area contributed by atoms with Gasteiger partial charge in [0.25, 0.3) is 5.91 Å². The van der Waals surface area contributed by atoms with Gasteiger partial charge in [0.2, 0.25) is 5.91 Å². The molecule has 0 saturated carbocycles. The van der Waals surface area contributed by atoms with Crippen molar-refractivity contribution in [2.45, 2.75) is 44.3 Å². The molecule has 172 valence electrons. The number of aromatic nitrogens is 1. The van der Waals surface area contributed by atoms with Gasteiger partial charge < -0.3 is 24.2 Å². The molecule has 2 aliphatic heterocycles. The van der Waals surface area contributed by atoms with Crippen molar-refractivity contribution in [2.24, 2.45) is 0 Å². The van der Waals surface area contributed by atoms with Crippen molar-refractivity contribution in [2.75, 3.05) is 32.8 Å². The molecule has 0 bridgehead atoms. The molecule has 2 unspecified atom stereocenters. The molecule has 4 rings (SSSR count). The zero-order chi connectivity index (χ0) is 22.3. The summed E-state index contributed by atoms with van der Waals surface area (Å²) >= 11 is 6.23. The lowest BCUT2D eigenvalue weighted by molar-refractivity contribution is -0.121. The number of benzene rings is 1. The molecule has 2 fully saturated rings. The van der Waals surface area contributed by atoms with Crippen LogP contribution in [0.15, 0.2) is 34.9 Å². The van der Waals surface area contributed by atoms with Crippen LogP contribution in [0.1, 0.15) is 42.6 Å². The Morgan fingerprint density at radius 3 is 2.59 bits per heavy atom. The molecule has 9 heteroatoms. The second-order valence-corrected chi connectivity index (χ2v) is 8.54. The number of ether oxygens (including phenoxy) is 2. The Morgan fingerprint density at radius 2 is 1.88 bits per heavy atom. The highest BCUT2D eigenvalue weighted by Gasteiger charge is 2.26. The van der Waals surface area contributed by atoms with E-state index in [0.717, 1.165) is 32.3 Å². The number of halogens is 1. The van der Waals surface area contributed by atoms with Gasteiger partial charge in [0.1, 0.15) is 0 Å². The van der Waals surface area contributed by atoms with Gasteiger partial charge in [-0.05, 0) is 37.8 Å². The predicted octanol–water partition coefficient (Wildman–Crippen LogP) is 3.30. The van der Waals surface area contributed by atoms with Gasteiger partial charge in [-0.1, -0.05) is 28.9 Å². The smallest absolute Gasteiger partial charge is 0.276 e. The molecule has 8 nitrogen and oxygen atoms in total. The summed E-state index contributed by atoms with van der Waals surface area (Å²) in [6.45, 7) is 2.62. The minimum atomic E-state index is -0.297. The van der Waals surface area contributed by atoms with E-state index in [1.165, 1.54) is 0 Å². The van der Waals surface area contributed by atoms with Gasteiger partial charge in [-0.15, -0.1) is 0 Å². The van der Waals surface area contributed by atoms with Gasteiger partial charge in [0.05, 0.1) is 17.2 Å². The van der Waals surface area contributed by atoms with Crippen molar-refractivity contribution >= 4 is 23.4 Å². The standard InChI is InChI=1S/C23H28ClN3O5/c24-19-8-2-1-7-18(19)21-13-20(26-32-21)23(29)27(15-17-6-4-12-31-17)10-9-22(28)25-14-16-5-3-11-30-16/h1-2,7-8,13,16-17H,3-6,9-12,14-15H2,(H,25,28). The number of rotatable bonds is 9. The van der Waals surface area contributed by atoms with Crippen LogP contribution in [0.5, 0.6) is 0 Å². The fourth-order valence-electron chi connectivity index (χ4n) is 3.99. The van der Waals surface area contributed by atoms with E-state index in [9.17, 15) is 9.59 Å². The maximum absolute atomic E-state index is 13.2. The van der Waals surface area contributed by atoms with E-state index in [4.69, 9.17) is 25.6 Å². The minimum absolute atomic E-state index is 0.0381. The number of hydrogen-bond acceptors (Lipinski definition) is 6. The monoisotopic (exact) mass is 461 g/mol. The third-order valence-corrected chi connectivity index (χ3v) is 6.09. The average Bonchev–Trinajstić information content (AvgIpc) is 3.58. The van der Waals surface area contributed by atoms with Crippen LogP contribution in [-0.2, 0) is 14.3 Å². The Bertz CT molecular complexity index is 922. The van der Waals surface area contributed by atoms with Gasteiger partial charge in [-0.25, -0.2) is 0 Å². The van der Waals surface area contributed by atoms with E-state index in [2.05, 4.69) is 10.5 Å². The topological polar surface area (TPSA) is 93.9 Å². The lowest BCUT2D eigenvalue weighted by Gasteiger charge is -2.24. The van der Waals surface area contributed by atoms with Crippen molar-refractivity contribution in [3.05, 3.63) is 41.0 Å². The highest BCUT2D eigenvalue weighted by Crippen LogP contribution is 2.28. The van der Waals surface area contributed by atoms with Crippen molar-refractivity contribution in [1.29, 1.82) is 0 Å². The van der Waals surface area contributed by atoms with E-state index in [1.54, 1.807) is 23.1 Å². The summed E-state index contributed by atoms with van der Waals surface area (Å²) in [6.07, 6.45) is 4.08. The quantitative estimate of drug-likeness (QED) is 0.615. The van der Waals surface area contributed by atoms with Crippen molar-refractivity contribution < 1.29 is 23.6 Å². The summed E-state index contributed by atoms with van der Waals surface area (Å²) < 4.78 is 16.6. The molecule has 1 aromatic heterocycles. The molecule has 2 atom stereocenters. The van der Waals surface area contributed by atoms with Crippen LogP contribution >= 0.6 is 11.6 Å². The van der Waals surface area contributed by atoms with E-state index >= 15 is 0 Å². The highest BCUT2D eigenvalue weighted by atomic mass is 35.5. The van der Waals surface area contributed by atoms with Crippen LogP contribution in [0, 0.1) is 0 Å². The number of nitrogens with one attached hydrogen (secondary N) is 1. The Morgan fingerprint density at radius 1 is 1.12 bits per heavy atom. The first-order chi connectivity index (χ1) is 15.6. The first-order valence-electron chi connectivity index (χ1n) is 11.1. The van der Waals surface area contributed by atoms with Crippen LogP contribution < -0.4 is 5.32 Å². The molecule has 32 heavy (non-hydrogen) atoms. The maximum Gasteiger partial charge on any atom is 0.276 e. The number of amides is 2. The van der Waals surface area contributed by atoms with Crippen molar-refractivity contribution in [3.63, 3.8) is 0 Å². The number of carbonyl (C=O) groups is 2. The van der Waals surface area contributed by atoms with Gasteiger partial charge in [0.15, 0.2) is 11.5 Å². The van der Waals surface area contributed by atoms with E-state index in [0.29, 0.717) is 36.0 Å². The van der Waals surface area contributed by atoms with Gasteiger partial charge >= 0.3 is 0 Å². The normalized spacial score (nSPS) is 20.4. The fourth-order valence-corrected chi connectivity index (χ4v) is 4.22. The second-order valence-electron chi connectivity index (χ2n) is 8.13. The van der Waals surface area contributed by atoms with Crippen LogP contribution in [-0.4, -0.2) is 66.9 Å². The summed E-state index contributed by atoms with van der Waals surface area (Å²) in [7, 11) is 0. The molecule has 1 N–H and O–H groups in total. The van der Waals surface area contributed by atoms with E-state index < -0.39 is 0 Å². The fraction of sp³-hybridized carbons (Fsp3) is 0.522. The first-order valence-corrected chi connectivity index (χ1v) is 11.5. The first kappa shape index (κ1) is 22.8. The zero-order valence-electron chi connectivity index (χ0n) is 17.9. The molecule has 2 aromatic rings. The van der Waals surface area contributed by atoms with Crippen LogP contribution in [0.4, 0.5) is 0 Å². The summed E-state index contributed by atoms with van der Waals surface area (Å²) in [6, 6.07) is 8.80. The van der Waals surface area contributed by atoms with Crippen LogP contribution in [0.2, 0.25) is 5.02 Å². The summed E-state index contributed by atoms with van der Waals surface area (Å²) in [4.78, 5) is 27.2. The summed E-state index contributed by atoms with van der Waals surface area (Å²) in [5, 5.41) is 7.38. The molecule has 3 heterocycles. The molecule has 2 amide bonds. The summed E-state index contributed by atoms with van der Waals surface area (Å²) in [5.41, 5.74) is 0.845. The third kappa shape index (κ3) is 5.88. The maximum atomic E-state index is 13.2. The van der Waals surface area contributed by atoms with E-state index in [-0.39, 0.29) is 42.7 Å². The lowest BCUT2D eigenvalue weighted by atomic mass is 10.1. The largest absolute Gasteiger partial charge is 0.376 e. The zero-order valence-corrected chi connectivity index (χ0v) is 18.7. The number of nitrogens with zero attached hydrogens (tertiary/aromatic N) is 2. The molecule has 1 aromatic carbocycles. The molecule has 0 aliphatic carbocycles. The molecular weight excluding hydrogens is 434 g/mol. The molecule has 0 radical (unpaired) electrons. The molecular formula is C23H28ClN3O5. The van der Waals surface area contributed by atoms with Gasteiger partial charge in [-0.3, -0.25) is 9.59 Å². The molecule has 2 saturated heterocycles. The average molecular weight is 462 g/mol. The Hall–Kier alpha value is -2.42. The third-order valence-electron chi connectivity index (χ3n) is 5.76. The Kier molecular flexibility index (Phi) is 7.78. The minimum Gasteiger partial charge on any atom is -0.376 e. The van der Waals surface area contributed by atoms with E-state index in [1.807, 2.05) is 12.1 Å². The molecule has 2 aliphatic rings. The Labute approximate surface area is 192 Å². The predicted molar refractivity (Wildman–Crippen MR) is 118 cm³/mol. The van der Waals surface area contributed by atoms with Gasteiger partial charge in [-0.2, -0.15) is 0 Å². The number of carbonyl (C=O) groups excluding carboxylic acids is 2. The van der Waals surface area contributed by atoms with Gasteiger partial charge in [0, 0.05) is 50.9 Å². The van der Waals surface area contributed by atoms with Crippen LogP contribution in [0.25, 0.3) is 11.3 Å². The van der Waals surface area contributed by atoms with Crippen molar-refractivity contribution in [3.8, 4) is 11.3 Å². The number of hydrogen-bond donors (Lipinski definition) is 1. The summed E-state index contributed by atoms with van der Waals surface area (Å²) in [5.74, 6) is 0.0161.